The second-order valence-electron chi connectivity index (χ2n) is 4.13. The van der Waals surface area contributed by atoms with E-state index in [1.165, 1.54) is 18.3 Å². The Morgan fingerprint density at radius 2 is 2.11 bits per heavy atom. The average molecular weight is 265 g/mol. The number of aryl methyl sites for hydroxylation is 2. The maximum atomic E-state index is 12.0. The standard InChI is InChI=1S/C13H15NO3S/c1-5-17-13(16)11-10(8(3)15)12-9(14(11)4)6-7(2)18-12/h6H,5H2,1-4H3. The lowest BCUT2D eigenvalue weighted by Crippen LogP contribution is -2.13. The molecule has 0 aliphatic heterocycles. The minimum absolute atomic E-state index is 0.106. The summed E-state index contributed by atoms with van der Waals surface area (Å²) in [4.78, 5) is 24.9. The molecule has 4 nitrogen and oxygen atoms in total. The van der Waals surface area contributed by atoms with E-state index < -0.39 is 5.97 Å². The Labute approximate surface area is 109 Å². The van der Waals surface area contributed by atoms with Crippen molar-refractivity contribution in [1.82, 2.24) is 4.57 Å². The van der Waals surface area contributed by atoms with Gasteiger partial charge in [0.15, 0.2) is 5.78 Å². The zero-order valence-electron chi connectivity index (χ0n) is 10.9. The fraction of sp³-hybridized carbons (Fsp3) is 0.385. The maximum Gasteiger partial charge on any atom is 0.355 e. The SMILES string of the molecule is CCOC(=O)c1c(C(C)=O)c2sc(C)cc2n1C. The summed E-state index contributed by atoms with van der Waals surface area (Å²) in [5.74, 6) is -0.545. The molecule has 0 amide bonds. The Kier molecular flexibility index (Phi) is 3.26. The van der Waals surface area contributed by atoms with Crippen molar-refractivity contribution in [2.45, 2.75) is 20.8 Å². The number of carbonyl (C=O) groups is 2. The zero-order valence-corrected chi connectivity index (χ0v) is 11.7. The summed E-state index contributed by atoms with van der Waals surface area (Å²) in [5, 5.41) is 0. The van der Waals surface area contributed by atoms with Crippen molar-refractivity contribution >= 4 is 33.3 Å². The van der Waals surface area contributed by atoms with E-state index in [9.17, 15) is 9.59 Å². The number of ketones is 1. The topological polar surface area (TPSA) is 48.3 Å². The number of thiophene rings is 1. The molecular weight excluding hydrogens is 250 g/mol. The first-order valence-electron chi connectivity index (χ1n) is 5.74. The van der Waals surface area contributed by atoms with Gasteiger partial charge in [-0.1, -0.05) is 0 Å². The molecule has 2 rings (SSSR count). The third-order valence-electron chi connectivity index (χ3n) is 2.82. The fourth-order valence-electron chi connectivity index (χ4n) is 2.09. The second kappa shape index (κ2) is 4.57. The summed E-state index contributed by atoms with van der Waals surface area (Å²) < 4.78 is 7.63. The highest BCUT2D eigenvalue weighted by atomic mass is 32.1. The number of hydrogen-bond donors (Lipinski definition) is 0. The first kappa shape index (κ1) is 12.8. The van der Waals surface area contributed by atoms with E-state index in [1.807, 2.05) is 13.0 Å². The number of nitrogens with zero attached hydrogens (tertiary/aromatic N) is 1. The molecule has 0 radical (unpaired) electrons. The lowest BCUT2D eigenvalue weighted by Gasteiger charge is -2.05. The van der Waals surface area contributed by atoms with Crippen LogP contribution in [-0.2, 0) is 11.8 Å². The fourth-order valence-corrected chi connectivity index (χ4v) is 3.23. The van der Waals surface area contributed by atoms with Gasteiger partial charge >= 0.3 is 5.97 Å². The van der Waals surface area contributed by atoms with Crippen LogP contribution < -0.4 is 0 Å². The molecule has 0 atom stereocenters. The van der Waals surface area contributed by atoms with Gasteiger partial charge in [0, 0.05) is 11.9 Å². The zero-order chi connectivity index (χ0) is 13.4. The monoisotopic (exact) mass is 265 g/mol. The lowest BCUT2D eigenvalue weighted by atomic mass is 10.1. The van der Waals surface area contributed by atoms with E-state index in [-0.39, 0.29) is 5.78 Å². The highest BCUT2D eigenvalue weighted by Gasteiger charge is 2.26. The van der Waals surface area contributed by atoms with Gasteiger partial charge in [0.25, 0.3) is 0 Å². The highest BCUT2D eigenvalue weighted by molar-refractivity contribution is 7.19. The molecular formula is C13H15NO3S. The Balaban J connectivity index is 2.75. The van der Waals surface area contributed by atoms with Crippen molar-refractivity contribution in [2.75, 3.05) is 6.61 Å². The van der Waals surface area contributed by atoms with Crippen LogP contribution in [0.3, 0.4) is 0 Å². The van der Waals surface area contributed by atoms with Crippen LogP contribution >= 0.6 is 11.3 Å². The number of aromatic nitrogens is 1. The number of hydrogen-bond acceptors (Lipinski definition) is 4. The Morgan fingerprint density at radius 1 is 1.44 bits per heavy atom. The van der Waals surface area contributed by atoms with Crippen LogP contribution in [0.5, 0.6) is 0 Å². The van der Waals surface area contributed by atoms with Gasteiger partial charge in [0.2, 0.25) is 0 Å². The summed E-state index contributed by atoms with van der Waals surface area (Å²) in [6.45, 7) is 5.51. The van der Waals surface area contributed by atoms with Gasteiger partial charge in [-0.15, -0.1) is 11.3 Å². The predicted molar refractivity (Wildman–Crippen MR) is 71.5 cm³/mol. The minimum atomic E-state index is -0.439. The second-order valence-corrected chi connectivity index (χ2v) is 5.39. The van der Waals surface area contributed by atoms with Gasteiger partial charge in [-0.05, 0) is 26.8 Å². The van der Waals surface area contributed by atoms with Crippen molar-refractivity contribution < 1.29 is 14.3 Å². The van der Waals surface area contributed by atoms with Gasteiger partial charge < -0.3 is 9.30 Å². The summed E-state index contributed by atoms with van der Waals surface area (Å²) in [6.07, 6.45) is 0. The Bertz CT molecular complexity index is 636. The van der Waals surface area contributed by atoms with E-state index >= 15 is 0 Å². The first-order valence-corrected chi connectivity index (χ1v) is 6.55. The molecule has 0 saturated carbocycles. The first-order chi connectivity index (χ1) is 8.47. The molecule has 96 valence electrons. The van der Waals surface area contributed by atoms with Crippen LogP contribution in [0.15, 0.2) is 6.07 Å². The smallest absolute Gasteiger partial charge is 0.355 e. The van der Waals surface area contributed by atoms with E-state index in [1.54, 1.807) is 18.5 Å². The van der Waals surface area contributed by atoms with Crippen molar-refractivity contribution in [3.8, 4) is 0 Å². The molecule has 0 bridgehead atoms. The van der Waals surface area contributed by atoms with E-state index in [2.05, 4.69) is 0 Å². The van der Waals surface area contributed by atoms with Crippen molar-refractivity contribution in [3.05, 3.63) is 22.2 Å². The van der Waals surface area contributed by atoms with E-state index in [0.29, 0.717) is 17.9 Å². The Morgan fingerprint density at radius 3 is 2.67 bits per heavy atom. The molecule has 18 heavy (non-hydrogen) atoms. The average Bonchev–Trinajstić information content (AvgIpc) is 2.76. The van der Waals surface area contributed by atoms with Crippen LogP contribution in [0, 0.1) is 6.92 Å². The number of ether oxygens (including phenoxy) is 1. The predicted octanol–water partition coefficient (Wildman–Crippen LogP) is 2.93. The summed E-state index contributed by atoms with van der Waals surface area (Å²) >= 11 is 1.53. The van der Waals surface area contributed by atoms with E-state index in [4.69, 9.17) is 4.74 Å². The third kappa shape index (κ3) is 1.84. The normalized spacial score (nSPS) is 10.9. The molecule has 0 N–H and O–H groups in total. The third-order valence-corrected chi connectivity index (χ3v) is 3.87. The highest BCUT2D eigenvalue weighted by Crippen LogP contribution is 2.33. The molecule has 0 aliphatic rings. The molecule has 0 saturated heterocycles. The van der Waals surface area contributed by atoms with Gasteiger partial charge in [-0.3, -0.25) is 4.79 Å². The largest absolute Gasteiger partial charge is 0.461 e. The summed E-state index contributed by atoms with van der Waals surface area (Å²) in [7, 11) is 1.78. The summed E-state index contributed by atoms with van der Waals surface area (Å²) in [5.41, 5.74) is 1.74. The molecule has 0 fully saturated rings. The van der Waals surface area contributed by atoms with E-state index in [0.717, 1.165) is 15.1 Å². The number of rotatable bonds is 3. The molecule has 0 unspecified atom stereocenters. The molecule has 5 heteroatoms. The van der Waals surface area contributed by atoms with Gasteiger partial charge in [0.1, 0.15) is 5.69 Å². The van der Waals surface area contributed by atoms with Crippen LogP contribution in [-0.4, -0.2) is 22.9 Å². The van der Waals surface area contributed by atoms with Crippen molar-refractivity contribution in [3.63, 3.8) is 0 Å². The molecule has 2 heterocycles. The van der Waals surface area contributed by atoms with Gasteiger partial charge in [-0.2, -0.15) is 0 Å². The molecule has 2 aromatic heterocycles. The molecule has 0 aliphatic carbocycles. The summed E-state index contributed by atoms with van der Waals surface area (Å²) in [6, 6.07) is 1.98. The molecule has 0 spiro atoms. The Hall–Kier alpha value is -1.62. The number of esters is 1. The quantitative estimate of drug-likeness (QED) is 0.633. The molecule has 0 aromatic carbocycles. The van der Waals surface area contributed by atoms with Crippen LogP contribution in [0.4, 0.5) is 0 Å². The van der Waals surface area contributed by atoms with Crippen molar-refractivity contribution in [1.29, 1.82) is 0 Å². The van der Waals surface area contributed by atoms with Crippen LogP contribution in [0.25, 0.3) is 10.2 Å². The van der Waals surface area contributed by atoms with Crippen molar-refractivity contribution in [2.24, 2.45) is 7.05 Å². The lowest BCUT2D eigenvalue weighted by molar-refractivity contribution is 0.0512. The number of fused-ring (bicyclic) bond motifs is 1. The number of carbonyl (C=O) groups excluding carboxylic acids is 2. The molecule has 2 aromatic rings. The van der Waals surface area contributed by atoms with Gasteiger partial charge in [-0.25, -0.2) is 4.79 Å². The maximum absolute atomic E-state index is 12.0. The van der Waals surface area contributed by atoms with Gasteiger partial charge in [0.05, 0.1) is 22.4 Å². The minimum Gasteiger partial charge on any atom is -0.461 e. The van der Waals surface area contributed by atoms with Crippen LogP contribution in [0.1, 0.15) is 39.6 Å². The number of Topliss-reactive ketones (excluding diaryl/α,β-unsaturated/α-hetero) is 1. The van der Waals surface area contributed by atoms with Crippen LogP contribution in [0.2, 0.25) is 0 Å².